The lowest BCUT2D eigenvalue weighted by Gasteiger charge is -2.22. The first-order valence-corrected chi connectivity index (χ1v) is 13.3. The lowest BCUT2D eigenvalue weighted by Crippen LogP contribution is -2.27. The molecule has 0 aliphatic heterocycles. The van der Waals surface area contributed by atoms with E-state index in [0.717, 1.165) is 36.0 Å². The number of nitrogens with one attached hydrogen (secondary N) is 2. The molecule has 8 heteroatoms. The average Bonchev–Trinajstić information content (AvgIpc) is 3.40. The van der Waals surface area contributed by atoms with E-state index in [-0.39, 0.29) is 28.4 Å². The minimum atomic E-state index is -0.401. The van der Waals surface area contributed by atoms with Gasteiger partial charge in [0.05, 0.1) is 18.2 Å². The number of carbonyl (C=O) groups is 2. The van der Waals surface area contributed by atoms with Crippen LogP contribution < -0.4 is 15.4 Å². The highest BCUT2D eigenvalue weighted by molar-refractivity contribution is 6.07. The molecule has 1 atom stereocenters. The van der Waals surface area contributed by atoms with E-state index < -0.39 is 5.91 Å². The maximum atomic E-state index is 13.4. The minimum absolute atomic E-state index is 0.134. The third kappa shape index (κ3) is 7.26. The Labute approximate surface area is 230 Å². The molecule has 0 saturated carbocycles. The molecule has 0 radical (unpaired) electrons. The van der Waals surface area contributed by atoms with Gasteiger partial charge < -0.3 is 19.9 Å². The summed E-state index contributed by atoms with van der Waals surface area (Å²) in [5.74, 6) is 0.0339. The Hall–Kier alpha value is -4.12. The molecule has 8 nitrogen and oxygen atoms in total. The van der Waals surface area contributed by atoms with Gasteiger partial charge in [-0.2, -0.15) is 5.26 Å². The van der Waals surface area contributed by atoms with Gasteiger partial charge in [0.15, 0.2) is 0 Å². The number of amides is 2. The highest BCUT2D eigenvalue weighted by Gasteiger charge is 2.23. The summed E-state index contributed by atoms with van der Waals surface area (Å²) < 4.78 is 10.8. The fraction of sp³-hybridized carbons (Fsp3) is 0.419. The summed E-state index contributed by atoms with van der Waals surface area (Å²) in [6, 6.07) is 12.7. The van der Waals surface area contributed by atoms with Crippen molar-refractivity contribution in [1.82, 2.24) is 10.5 Å². The fourth-order valence-electron chi connectivity index (χ4n) is 4.23. The molecule has 0 aliphatic carbocycles. The number of benzene rings is 2. The standard InChI is InChI=1S/C31H38N4O4/c1-8-9-10-19(2)18-33-30(37)27-16-26(35-39-27)24-15-23(12-11-20(24)3)34-29(36)25-14-22(31(4,5)6)13-21(17-32)28(25)38-7/h11-16,19H,8-10,18H2,1-7H3,(H,33,37)(H,34,36). The van der Waals surface area contributed by atoms with Crippen molar-refractivity contribution < 1.29 is 18.8 Å². The van der Waals surface area contributed by atoms with Crippen molar-refractivity contribution in [3.8, 4) is 23.1 Å². The van der Waals surface area contributed by atoms with Crippen LogP contribution in [0.5, 0.6) is 5.75 Å². The molecule has 1 aromatic heterocycles. The molecular weight excluding hydrogens is 492 g/mol. The monoisotopic (exact) mass is 530 g/mol. The van der Waals surface area contributed by atoms with Gasteiger partial charge in [0.2, 0.25) is 5.76 Å². The van der Waals surface area contributed by atoms with Crippen LogP contribution in [0.1, 0.15) is 91.5 Å². The number of anilines is 1. The predicted molar refractivity (Wildman–Crippen MR) is 152 cm³/mol. The summed E-state index contributed by atoms with van der Waals surface area (Å²) in [6.07, 6.45) is 3.31. The van der Waals surface area contributed by atoms with E-state index in [2.05, 4.69) is 35.7 Å². The SMILES string of the molecule is CCCCC(C)CNC(=O)c1cc(-c2cc(NC(=O)c3cc(C(C)(C)C)cc(C#N)c3OC)ccc2C)no1. The molecule has 2 aromatic carbocycles. The maximum absolute atomic E-state index is 13.4. The van der Waals surface area contributed by atoms with Crippen molar-refractivity contribution in [2.75, 3.05) is 19.0 Å². The Balaban J connectivity index is 1.83. The van der Waals surface area contributed by atoms with Crippen LogP contribution >= 0.6 is 0 Å². The first kappa shape index (κ1) is 29.4. The largest absolute Gasteiger partial charge is 0.495 e. The third-order valence-corrected chi connectivity index (χ3v) is 6.69. The van der Waals surface area contributed by atoms with Crippen molar-refractivity contribution in [3.05, 3.63) is 64.4 Å². The Kier molecular flexibility index (Phi) is 9.52. The van der Waals surface area contributed by atoms with Crippen LogP contribution in [-0.2, 0) is 5.41 Å². The molecule has 3 rings (SSSR count). The summed E-state index contributed by atoms with van der Waals surface area (Å²) in [4.78, 5) is 26.0. The third-order valence-electron chi connectivity index (χ3n) is 6.69. The van der Waals surface area contributed by atoms with Gasteiger partial charge in [0, 0.05) is 23.9 Å². The predicted octanol–water partition coefficient (Wildman–Crippen LogP) is 6.64. The van der Waals surface area contributed by atoms with Crippen molar-refractivity contribution >= 4 is 17.5 Å². The quantitative estimate of drug-likeness (QED) is 0.304. The van der Waals surface area contributed by atoms with Gasteiger partial charge in [-0.25, -0.2) is 0 Å². The molecule has 3 aromatic rings. The van der Waals surface area contributed by atoms with Crippen LogP contribution in [0.2, 0.25) is 0 Å². The number of methoxy groups -OCH3 is 1. The highest BCUT2D eigenvalue weighted by Crippen LogP contribution is 2.33. The first-order valence-electron chi connectivity index (χ1n) is 13.3. The van der Waals surface area contributed by atoms with E-state index in [1.807, 2.05) is 33.8 Å². The van der Waals surface area contributed by atoms with Gasteiger partial charge in [0.25, 0.3) is 11.8 Å². The molecule has 0 bridgehead atoms. The molecule has 0 saturated heterocycles. The summed E-state index contributed by atoms with van der Waals surface area (Å²) in [5.41, 5.74) is 3.80. The Bertz CT molecular complexity index is 1380. The van der Waals surface area contributed by atoms with Crippen LogP contribution in [0.25, 0.3) is 11.3 Å². The fourth-order valence-corrected chi connectivity index (χ4v) is 4.23. The molecule has 1 unspecified atom stereocenters. The number of ether oxygens (including phenoxy) is 1. The lowest BCUT2D eigenvalue weighted by molar-refractivity contribution is 0.0910. The van der Waals surface area contributed by atoms with E-state index in [4.69, 9.17) is 9.26 Å². The second-order valence-corrected chi connectivity index (χ2v) is 11.0. The zero-order valence-corrected chi connectivity index (χ0v) is 23.9. The Morgan fingerprint density at radius 1 is 1.15 bits per heavy atom. The van der Waals surface area contributed by atoms with E-state index >= 15 is 0 Å². The van der Waals surface area contributed by atoms with Crippen molar-refractivity contribution in [2.45, 2.75) is 66.2 Å². The van der Waals surface area contributed by atoms with Gasteiger partial charge in [-0.15, -0.1) is 0 Å². The van der Waals surface area contributed by atoms with E-state index in [9.17, 15) is 14.9 Å². The number of hydrogen-bond donors (Lipinski definition) is 2. The van der Waals surface area contributed by atoms with Crippen LogP contribution in [-0.4, -0.2) is 30.6 Å². The summed E-state index contributed by atoms with van der Waals surface area (Å²) in [5, 5.41) is 19.6. The Morgan fingerprint density at radius 3 is 2.54 bits per heavy atom. The van der Waals surface area contributed by atoms with Gasteiger partial charge in [-0.3, -0.25) is 9.59 Å². The molecule has 0 aliphatic rings. The van der Waals surface area contributed by atoms with Crippen LogP contribution in [0, 0.1) is 24.2 Å². The lowest BCUT2D eigenvalue weighted by atomic mass is 9.84. The topological polar surface area (TPSA) is 117 Å². The second-order valence-electron chi connectivity index (χ2n) is 11.0. The summed E-state index contributed by atoms with van der Waals surface area (Å²) in [6.45, 7) is 12.8. The molecule has 2 amide bonds. The zero-order chi connectivity index (χ0) is 28.7. The molecule has 0 spiro atoms. The van der Waals surface area contributed by atoms with Crippen LogP contribution in [0.15, 0.2) is 40.9 Å². The summed E-state index contributed by atoms with van der Waals surface area (Å²) in [7, 11) is 1.44. The van der Waals surface area contributed by atoms with Crippen LogP contribution in [0.3, 0.4) is 0 Å². The van der Waals surface area contributed by atoms with Gasteiger partial charge in [0.1, 0.15) is 17.5 Å². The average molecular weight is 531 g/mol. The maximum Gasteiger partial charge on any atom is 0.289 e. The number of aromatic nitrogens is 1. The molecule has 2 N–H and O–H groups in total. The normalized spacial score (nSPS) is 11.9. The molecule has 1 heterocycles. The van der Waals surface area contributed by atoms with Crippen LogP contribution in [0.4, 0.5) is 5.69 Å². The number of unbranched alkanes of at least 4 members (excludes halogenated alkanes) is 1. The minimum Gasteiger partial charge on any atom is -0.495 e. The molecule has 39 heavy (non-hydrogen) atoms. The number of nitrogens with zero attached hydrogens (tertiary/aromatic N) is 2. The zero-order valence-electron chi connectivity index (χ0n) is 23.9. The summed E-state index contributed by atoms with van der Waals surface area (Å²) >= 11 is 0. The molecular formula is C31H38N4O4. The van der Waals surface area contributed by atoms with Gasteiger partial charge in [-0.05, 0) is 60.1 Å². The van der Waals surface area contributed by atoms with E-state index in [1.165, 1.54) is 7.11 Å². The number of rotatable bonds is 10. The number of nitriles is 1. The van der Waals surface area contributed by atoms with Gasteiger partial charge >= 0.3 is 0 Å². The Morgan fingerprint density at radius 2 is 1.90 bits per heavy atom. The second kappa shape index (κ2) is 12.6. The van der Waals surface area contributed by atoms with Crippen molar-refractivity contribution in [2.24, 2.45) is 5.92 Å². The highest BCUT2D eigenvalue weighted by atomic mass is 16.5. The number of carbonyl (C=O) groups excluding carboxylic acids is 2. The van der Waals surface area contributed by atoms with E-state index in [1.54, 1.807) is 30.3 Å². The van der Waals surface area contributed by atoms with E-state index in [0.29, 0.717) is 29.4 Å². The van der Waals surface area contributed by atoms with Gasteiger partial charge in [-0.1, -0.05) is 58.7 Å². The van der Waals surface area contributed by atoms with Crippen molar-refractivity contribution in [3.63, 3.8) is 0 Å². The number of aryl methyl sites for hydroxylation is 1. The molecule has 0 fully saturated rings. The molecule has 206 valence electrons. The van der Waals surface area contributed by atoms with Crippen molar-refractivity contribution in [1.29, 1.82) is 5.26 Å². The first-order chi connectivity index (χ1) is 18.5. The number of hydrogen-bond acceptors (Lipinski definition) is 6. The smallest absolute Gasteiger partial charge is 0.289 e.